The molecule has 5 rings (SSSR count). The van der Waals surface area contributed by atoms with Crippen molar-refractivity contribution in [2.24, 2.45) is 0 Å². The molecule has 0 aromatic carbocycles. The van der Waals surface area contributed by atoms with Crippen molar-refractivity contribution < 1.29 is 22.3 Å². The van der Waals surface area contributed by atoms with Gasteiger partial charge < -0.3 is 25.2 Å². The Morgan fingerprint density at radius 2 is 1.97 bits per heavy atom. The highest BCUT2D eigenvalue weighted by Crippen LogP contribution is 2.37. The standard InChI is InChI=1S/C20H22F4N6O/c21-18-15(30-11-13-7-14(30)10-25-13)8-17(28-19(18)29-3-5-31-6-4-29)27-16-2-1-12(9-26-16)20(22,23)24/h1-2,8-9,13-14,25H,3-7,10-11H2,(H,26,27,28). The first-order valence-electron chi connectivity index (χ1n) is 10.2. The van der Waals surface area contributed by atoms with E-state index in [-0.39, 0.29) is 23.5 Å². The zero-order valence-corrected chi connectivity index (χ0v) is 16.6. The molecule has 31 heavy (non-hydrogen) atoms. The summed E-state index contributed by atoms with van der Waals surface area (Å²) >= 11 is 0. The Hall–Kier alpha value is -2.66. The second-order valence-electron chi connectivity index (χ2n) is 7.97. The maximum atomic E-state index is 15.6. The Kier molecular flexibility index (Phi) is 5.09. The molecule has 2 unspecified atom stereocenters. The molecule has 3 saturated heterocycles. The number of pyridine rings is 2. The quantitative estimate of drug-likeness (QED) is 0.712. The number of piperazine rings is 1. The molecule has 11 heteroatoms. The lowest BCUT2D eigenvalue weighted by atomic mass is 10.2. The summed E-state index contributed by atoms with van der Waals surface area (Å²) in [5, 5.41) is 6.34. The molecule has 2 atom stereocenters. The Morgan fingerprint density at radius 1 is 1.16 bits per heavy atom. The zero-order chi connectivity index (χ0) is 21.6. The Bertz CT molecular complexity index is 948. The van der Waals surface area contributed by atoms with Crippen LogP contribution in [-0.4, -0.2) is 61.4 Å². The third kappa shape index (κ3) is 3.99. The van der Waals surface area contributed by atoms with Crippen molar-refractivity contribution in [3.63, 3.8) is 0 Å². The first kappa shape index (κ1) is 20.3. The second-order valence-corrected chi connectivity index (χ2v) is 7.97. The zero-order valence-electron chi connectivity index (χ0n) is 16.6. The van der Waals surface area contributed by atoms with Gasteiger partial charge in [-0.15, -0.1) is 0 Å². The van der Waals surface area contributed by atoms with Crippen LogP contribution in [0.25, 0.3) is 0 Å². The van der Waals surface area contributed by atoms with Crippen molar-refractivity contribution in [1.29, 1.82) is 0 Å². The van der Waals surface area contributed by atoms with E-state index in [9.17, 15) is 13.2 Å². The minimum Gasteiger partial charge on any atom is -0.378 e. The molecule has 2 aromatic rings. The third-order valence-electron chi connectivity index (χ3n) is 5.94. The van der Waals surface area contributed by atoms with Gasteiger partial charge in [-0.3, -0.25) is 0 Å². The minimum absolute atomic E-state index is 0.204. The van der Waals surface area contributed by atoms with Crippen LogP contribution in [0.3, 0.4) is 0 Å². The predicted octanol–water partition coefficient (Wildman–Crippen LogP) is 2.77. The van der Waals surface area contributed by atoms with Gasteiger partial charge in [0.1, 0.15) is 11.6 Å². The van der Waals surface area contributed by atoms with Gasteiger partial charge in [0.2, 0.25) is 0 Å². The van der Waals surface area contributed by atoms with Crippen molar-refractivity contribution >= 4 is 23.1 Å². The number of alkyl halides is 3. The highest BCUT2D eigenvalue weighted by molar-refractivity contribution is 5.67. The summed E-state index contributed by atoms with van der Waals surface area (Å²) in [6, 6.07) is 4.34. The van der Waals surface area contributed by atoms with Gasteiger partial charge in [0.05, 0.1) is 24.5 Å². The number of aromatic nitrogens is 2. The number of hydrogen-bond donors (Lipinski definition) is 2. The van der Waals surface area contributed by atoms with E-state index in [4.69, 9.17) is 4.74 Å². The van der Waals surface area contributed by atoms with Gasteiger partial charge in [-0.25, -0.2) is 14.4 Å². The maximum Gasteiger partial charge on any atom is 0.417 e. The van der Waals surface area contributed by atoms with Crippen LogP contribution in [0, 0.1) is 5.82 Å². The SMILES string of the molecule is Fc1c(N2CC3CC2CN3)cc(Nc2ccc(C(F)(F)F)cn2)nc1N1CCOCC1. The second kappa shape index (κ2) is 7.79. The number of rotatable bonds is 4. The van der Waals surface area contributed by atoms with Crippen molar-refractivity contribution in [2.45, 2.75) is 24.7 Å². The smallest absolute Gasteiger partial charge is 0.378 e. The number of nitrogens with one attached hydrogen (secondary N) is 2. The van der Waals surface area contributed by atoms with E-state index in [1.54, 1.807) is 6.07 Å². The van der Waals surface area contributed by atoms with Gasteiger partial charge in [-0.2, -0.15) is 13.2 Å². The van der Waals surface area contributed by atoms with E-state index < -0.39 is 11.7 Å². The number of fused-ring (bicyclic) bond motifs is 2. The van der Waals surface area contributed by atoms with Crippen LogP contribution in [0.4, 0.5) is 40.7 Å². The summed E-state index contributed by atoms with van der Waals surface area (Å²) in [6.07, 6.45) is -2.74. The summed E-state index contributed by atoms with van der Waals surface area (Å²) in [5.74, 6) is 0.364. The third-order valence-corrected chi connectivity index (χ3v) is 5.94. The molecule has 0 radical (unpaired) electrons. The van der Waals surface area contributed by atoms with Crippen LogP contribution in [-0.2, 0) is 10.9 Å². The van der Waals surface area contributed by atoms with E-state index >= 15 is 4.39 Å². The summed E-state index contributed by atoms with van der Waals surface area (Å²) in [6.45, 7) is 3.48. The lowest BCUT2D eigenvalue weighted by molar-refractivity contribution is -0.137. The van der Waals surface area contributed by atoms with Crippen molar-refractivity contribution in [3.8, 4) is 0 Å². The van der Waals surface area contributed by atoms with Crippen LogP contribution in [0.2, 0.25) is 0 Å². The molecule has 3 fully saturated rings. The molecule has 7 nitrogen and oxygen atoms in total. The lowest BCUT2D eigenvalue weighted by Gasteiger charge is -2.33. The molecule has 166 valence electrons. The fourth-order valence-electron chi connectivity index (χ4n) is 4.38. The molecule has 5 heterocycles. The topological polar surface area (TPSA) is 65.5 Å². The van der Waals surface area contributed by atoms with Gasteiger partial charge in [0.25, 0.3) is 0 Å². The molecule has 3 aliphatic rings. The van der Waals surface area contributed by atoms with Crippen LogP contribution in [0.15, 0.2) is 24.4 Å². The largest absolute Gasteiger partial charge is 0.417 e. The van der Waals surface area contributed by atoms with Gasteiger partial charge in [0.15, 0.2) is 11.6 Å². The Labute approximate surface area is 176 Å². The van der Waals surface area contributed by atoms with Crippen LogP contribution >= 0.6 is 0 Å². The van der Waals surface area contributed by atoms with Crippen LogP contribution in [0.1, 0.15) is 12.0 Å². The Morgan fingerprint density at radius 3 is 2.58 bits per heavy atom. The molecule has 2 aromatic heterocycles. The summed E-state index contributed by atoms with van der Waals surface area (Å²) in [4.78, 5) is 12.2. The molecular formula is C20H22F4N6O. The summed E-state index contributed by atoms with van der Waals surface area (Å²) < 4.78 is 59.4. The van der Waals surface area contributed by atoms with Crippen LogP contribution < -0.4 is 20.4 Å². The number of morpholine rings is 1. The van der Waals surface area contributed by atoms with Gasteiger partial charge in [-0.05, 0) is 18.6 Å². The maximum absolute atomic E-state index is 15.6. The first-order chi connectivity index (χ1) is 14.9. The molecule has 2 bridgehead atoms. The molecule has 0 saturated carbocycles. The molecule has 0 spiro atoms. The Balaban J connectivity index is 1.48. The average Bonchev–Trinajstić information content (AvgIpc) is 3.39. The van der Waals surface area contributed by atoms with Gasteiger partial charge >= 0.3 is 6.18 Å². The normalized spacial score (nSPS) is 23.5. The highest BCUT2D eigenvalue weighted by Gasteiger charge is 2.39. The number of ether oxygens (including phenoxy) is 1. The monoisotopic (exact) mass is 438 g/mol. The van der Waals surface area contributed by atoms with E-state index in [0.717, 1.165) is 25.2 Å². The van der Waals surface area contributed by atoms with E-state index in [2.05, 4.69) is 20.6 Å². The number of nitrogens with zero attached hydrogens (tertiary/aromatic N) is 4. The van der Waals surface area contributed by atoms with E-state index in [1.807, 2.05) is 9.80 Å². The van der Waals surface area contributed by atoms with E-state index in [1.165, 1.54) is 6.07 Å². The van der Waals surface area contributed by atoms with E-state index in [0.29, 0.717) is 50.4 Å². The highest BCUT2D eigenvalue weighted by atomic mass is 19.4. The predicted molar refractivity (Wildman–Crippen MR) is 107 cm³/mol. The molecule has 3 aliphatic heterocycles. The van der Waals surface area contributed by atoms with Crippen molar-refractivity contribution in [2.75, 3.05) is 54.5 Å². The lowest BCUT2D eigenvalue weighted by Crippen LogP contribution is -2.44. The summed E-state index contributed by atoms with van der Waals surface area (Å²) in [7, 11) is 0. The fraction of sp³-hybridized carbons (Fsp3) is 0.500. The number of halogens is 4. The minimum atomic E-state index is -4.46. The molecular weight excluding hydrogens is 416 g/mol. The number of anilines is 4. The van der Waals surface area contributed by atoms with Crippen LogP contribution in [0.5, 0.6) is 0 Å². The van der Waals surface area contributed by atoms with Gasteiger partial charge in [0, 0.05) is 50.5 Å². The number of hydrogen-bond acceptors (Lipinski definition) is 7. The molecule has 0 amide bonds. The first-order valence-corrected chi connectivity index (χ1v) is 10.2. The fourth-order valence-corrected chi connectivity index (χ4v) is 4.38. The molecule has 2 N–H and O–H groups in total. The molecule has 0 aliphatic carbocycles. The van der Waals surface area contributed by atoms with Crippen molar-refractivity contribution in [3.05, 3.63) is 35.8 Å². The van der Waals surface area contributed by atoms with Crippen molar-refractivity contribution in [1.82, 2.24) is 15.3 Å². The average molecular weight is 438 g/mol. The summed E-state index contributed by atoms with van der Waals surface area (Å²) in [5.41, 5.74) is -0.389. The van der Waals surface area contributed by atoms with Gasteiger partial charge in [-0.1, -0.05) is 0 Å².